The van der Waals surface area contributed by atoms with E-state index in [9.17, 15) is 0 Å². The molecule has 174 valence electrons. The van der Waals surface area contributed by atoms with Crippen molar-refractivity contribution in [1.29, 1.82) is 0 Å². The zero-order valence-electron chi connectivity index (χ0n) is 21.6. The summed E-state index contributed by atoms with van der Waals surface area (Å²) in [5.74, 6) is 6.78. The van der Waals surface area contributed by atoms with Crippen molar-refractivity contribution >= 4 is 0 Å². The van der Waals surface area contributed by atoms with Crippen molar-refractivity contribution < 1.29 is 0 Å². The summed E-state index contributed by atoms with van der Waals surface area (Å²) in [4.78, 5) is 2.64. The van der Waals surface area contributed by atoms with Crippen molar-refractivity contribution in [3.05, 3.63) is 0 Å². The first-order valence-electron chi connectivity index (χ1n) is 13.8. The van der Waals surface area contributed by atoms with E-state index in [0.29, 0.717) is 10.8 Å². The van der Waals surface area contributed by atoms with E-state index in [0.717, 1.165) is 47.5 Å². The fourth-order valence-electron chi connectivity index (χ4n) is 9.95. The summed E-state index contributed by atoms with van der Waals surface area (Å²) >= 11 is 0. The van der Waals surface area contributed by atoms with E-state index in [1.54, 1.807) is 6.42 Å². The summed E-state index contributed by atoms with van der Waals surface area (Å²) in [6.07, 6.45) is 18.0. The second kappa shape index (κ2) is 8.72. The molecule has 9 atom stereocenters. The van der Waals surface area contributed by atoms with Crippen LogP contribution in [0, 0.1) is 52.3 Å². The molecule has 0 heterocycles. The fraction of sp³-hybridized carbons (Fsp3) is 1.00. The third-order valence-corrected chi connectivity index (χ3v) is 11.5. The van der Waals surface area contributed by atoms with Crippen molar-refractivity contribution in [2.24, 2.45) is 52.3 Å². The molecule has 4 aliphatic carbocycles. The van der Waals surface area contributed by atoms with E-state index in [1.165, 1.54) is 70.6 Å². The van der Waals surface area contributed by atoms with Gasteiger partial charge in [-0.3, -0.25) is 0 Å². The van der Waals surface area contributed by atoms with Crippen LogP contribution in [0.3, 0.4) is 0 Å². The van der Waals surface area contributed by atoms with Gasteiger partial charge in [-0.1, -0.05) is 66.7 Å². The number of fused-ring (bicyclic) bond motifs is 5. The topological polar surface area (TPSA) is 3.24 Å². The van der Waals surface area contributed by atoms with Crippen LogP contribution in [0.2, 0.25) is 0 Å². The Kier molecular flexibility index (Phi) is 6.72. The molecular weight excluding hydrogens is 362 g/mol. The molecule has 1 nitrogen and oxygen atoms in total. The number of rotatable bonds is 6. The van der Waals surface area contributed by atoms with Crippen molar-refractivity contribution in [1.82, 2.24) is 4.90 Å². The maximum Gasteiger partial charge on any atom is 0.0126 e. The van der Waals surface area contributed by atoms with Crippen molar-refractivity contribution in [2.75, 3.05) is 14.1 Å². The molecule has 0 amide bonds. The van der Waals surface area contributed by atoms with Gasteiger partial charge in [-0.2, -0.15) is 0 Å². The maximum atomic E-state index is 2.75. The lowest BCUT2D eigenvalue weighted by atomic mass is 9.43. The molecule has 4 fully saturated rings. The molecule has 0 N–H and O–H groups in total. The van der Waals surface area contributed by atoms with Crippen LogP contribution in [-0.2, 0) is 0 Å². The molecule has 0 aromatic heterocycles. The van der Waals surface area contributed by atoms with Gasteiger partial charge in [0, 0.05) is 6.04 Å². The molecule has 1 heteroatoms. The molecule has 0 spiro atoms. The van der Waals surface area contributed by atoms with E-state index in [-0.39, 0.29) is 0 Å². The first kappa shape index (κ1) is 23.1. The SMILES string of the molecule is CC(C)CCC[C@@H](C)[C@H]1CC[C@H]2[C@@H]3CC(N(C)C)C4CCCC[C@]4(C)[C@H]3CC[C@]12C. The van der Waals surface area contributed by atoms with Gasteiger partial charge in [-0.25, -0.2) is 0 Å². The van der Waals surface area contributed by atoms with Gasteiger partial charge < -0.3 is 4.90 Å². The molecule has 2 unspecified atom stereocenters. The predicted molar refractivity (Wildman–Crippen MR) is 131 cm³/mol. The average molecular weight is 416 g/mol. The van der Waals surface area contributed by atoms with Gasteiger partial charge in [0.1, 0.15) is 0 Å². The Morgan fingerprint density at radius 2 is 1.53 bits per heavy atom. The number of nitrogens with zero attached hydrogens (tertiary/aromatic N) is 1. The highest BCUT2D eigenvalue weighted by atomic mass is 15.1. The lowest BCUT2D eigenvalue weighted by molar-refractivity contribution is -0.140. The van der Waals surface area contributed by atoms with E-state index in [4.69, 9.17) is 0 Å². The molecule has 0 aromatic carbocycles. The Labute approximate surface area is 189 Å². The van der Waals surface area contributed by atoms with Crippen LogP contribution in [0.1, 0.15) is 112 Å². The standard InChI is InChI=1S/C29H53N/c1-20(2)11-10-12-21(3)23-14-15-24-22-19-27(30(6)7)26-13-8-9-17-28(26,4)25(22)16-18-29(23,24)5/h20-27H,8-19H2,1-7H3/t21-,22+,23-,24+,25+,26?,27?,28-,29-/m1/s1. The first-order chi connectivity index (χ1) is 14.2. The number of hydrogen-bond acceptors (Lipinski definition) is 1. The number of hydrogen-bond donors (Lipinski definition) is 0. The highest BCUT2D eigenvalue weighted by molar-refractivity contribution is 5.11. The van der Waals surface area contributed by atoms with Crippen LogP contribution in [0.5, 0.6) is 0 Å². The molecule has 0 aromatic rings. The Balaban J connectivity index is 1.53. The average Bonchev–Trinajstić information content (AvgIpc) is 3.03. The van der Waals surface area contributed by atoms with E-state index >= 15 is 0 Å². The van der Waals surface area contributed by atoms with Crippen LogP contribution in [0.4, 0.5) is 0 Å². The lowest BCUT2D eigenvalue weighted by Gasteiger charge is -2.63. The van der Waals surface area contributed by atoms with Crippen molar-refractivity contribution in [3.63, 3.8) is 0 Å². The summed E-state index contributed by atoms with van der Waals surface area (Å²) in [6.45, 7) is 12.9. The summed E-state index contributed by atoms with van der Waals surface area (Å²) in [7, 11) is 4.77. The minimum Gasteiger partial charge on any atom is -0.306 e. The lowest BCUT2D eigenvalue weighted by Crippen LogP contribution is -2.59. The molecule has 0 saturated heterocycles. The molecular formula is C29H53N. The Morgan fingerprint density at radius 3 is 2.23 bits per heavy atom. The van der Waals surface area contributed by atoms with Gasteiger partial charge in [0.25, 0.3) is 0 Å². The Hall–Kier alpha value is -0.0400. The second-order valence-corrected chi connectivity index (χ2v) is 13.5. The van der Waals surface area contributed by atoms with Crippen LogP contribution in [0.25, 0.3) is 0 Å². The Morgan fingerprint density at radius 1 is 0.800 bits per heavy atom. The second-order valence-electron chi connectivity index (χ2n) is 13.5. The molecule has 30 heavy (non-hydrogen) atoms. The summed E-state index contributed by atoms with van der Waals surface area (Å²) in [5.41, 5.74) is 1.26. The quantitative estimate of drug-likeness (QED) is 0.424. The molecule has 0 bridgehead atoms. The van der Waals surface area contributed by atoms with Gasteiger partial charge in [-0.15, -0.1) is 0 Å². The van der Waals surface area contributed by atoms with Crippen LogP contribution in [-0.4, -0.2) is 25.0 Å². The van der Waals surface area contributed by atoms with Crippen LogP contribution >= 0.6 is 0 Å². The molecule has 4 rings (SSSR count). The zero-order chi connectivity index (χ0) is 21.7. The third kappa shape index (κ3) is 3.82. The van der Waals surface area contributed by atoms with E-state index < -0.39 is 0 Å². The third-order valence-electron chi connectivity index (χ3n) is 11.5. The van der Waals surface area contributed by atoms with Gasteiger partial charge in [-0.05, 0) is 111 Å². The minimum atomic E-state index is 0.623. The highest BCUT2D eigenvalue weighted by Crippen LogP contribution is 2.68. The summed E-state index contributed by atoms with van der Waals surface area (Å²) < 4.78 is 0. The first-order valence-corrected chi connectivity index (χ1v) is 13.8. The predicted octanol–water partition coefficient (Wildman–Crippen LogP) is 8.04. The summed E-state index contributed by atoms with van der Waals surface area (Å²) in [5, 5.41) is 0. The van der Waals surface area contributed by atoms with E-state index in [1.807, 2.05) is 0 Å². The molecule has 0 radical (unpaired) electrons. The van der Waals surface area contributed by atoms with Crippen molar-refractivity contribution in [2.45, 2.75) is 118 Å². The molecule has 0 aliphatic heterocycles. The maximum absolute atomic E-state index is 2.75. The van der Waals surface area contributed by atoms with Crippen LogP contribution < -0.4 is 0 Å². The minimum absolute atomic E-state index is 0.623. The van der Waals surface area contributed by atoms with Gasteiger partial charge >= 0.3 is 0 Å². The van der Waals surface area contributed by atoms with Gasteiger partial charge in [0.05, 0.1) is 0 Å². The Bertz CT molecular complexity index is 581. The summed E-state index contributed by atoms with van der Waals surface area (Å²) in [6, 6.07) is 0.835. The van der Waals surface area contributed by atoms with E-state index in [2.05, 4.69) is 53.6 Å². The van der Waals surface area contributed by atoms with Crippen molar-refractivity contribution in [3.8, 4) is 0 Å². The molecule has 4 saturated carbocycles. The normalized spacial score (nSPS) is 47.1. The van der Waals surface area contributed by atoms with Crippen LogP contribution in [0.15, 0.2) is 0 Å². The fourth-order valence-corrected chi connectivity index (χ4v) is 9.95. The highest BCUT2D eigenvalue weighted by Gasteiger charge is 2.62. The monoisotopic (exact) mass is 415 g/mol. The zero-order valence-corrected chi connectivity index (χ0v) is 21.6. The molecule has 4 aliphatic rings. The largest absolute Gasteiger partial charge is 0.306 e. The smallest absolute Gasteiger partial charge is 0.0126 e. The van der Waals surface area contributed by atoms with Gasteiger partial charge in [0.2, 0.25) is 0 Å². The van der Waals surface area contributed by atoms with Gasteiger partial charge in [0.15, 0.2) is 0 Å².